The average Bonchev–Trinajstić information content (AvgIpc) is 1.65. The van der Waals surface area contributed by atoms with Crippen LogP contribution in [0.5, 0.6) is 0 Å². The standard InChI is InChI=1S/C4H10O2.Ar/c1-4(2-5)3-6;/h4-6H,2-3H2,1H3;. The Balaban J connectivity index is 0. The van der Waals surface area contributed by atoms with E-state index in [9.17, 15) is 0 Å². The van der Waals surface area contributed by atoms with Crippen molar-refractivity contribution in [2.24, 2.45) is 5.92 Å². The van der Waals surface area contributed by atoms with Crippen LogP contribution in [0.1, 0.15) is 6.92 Å². The summed E-state index contributed by atoms with van der Waals surface area (Å²) in [6.07, 6.45) is 0. The van der Waals surface area contributed by atoms with Crippen LogP contribution in [0.3, 0.4) is 0 Å². The molecule has 3 heteroatoms. The molecule has 2 nitrogen and oxygen atoms in total. The molecule has 0 aromatic rings. The van der Waals surface area contributed by atoms with Crippen molar-refractivity contribution < 1.29 is 48.0 Å². The van der Waals surface area contributed by atoms with Gasteiger partial charge in [-0.25, -0.2) is 0 Å². The first kappa shape index (κ1) is 11.0. The predicted octanol–water partition coefficient (Wildman–Crippen LogP) is -0.393. The van der Waals surface area contributed by atoms with E-state index in [1.165, 1.54) is 0 Å². The van der Waals surface area contributed by atoms with Gasteiger partial charge in [-0.2, -0.15) is 0 Å². The Hall–Kier alpha value is 1.18. The largest absolute Gasteiger partial charge is 0.396 e. The number of aliphatic hydroxyl groups is 2. The van der Waals surface area contributed by atoms with Gasteiger partial charge in [-0.15, -0.1) is 0 Å². The normalized spacial score (nSPS) is 8.57. The second kappa shape index (κ2) is 7.18. The van der Waals surface area contributed by atoms with Gasteiger partial charge in [0.25, 0.3) is 0 Å². The Kier molecular flexibility index (Phi) is 11.3. The monoisotopic (exact) mass is 130 g/mol. The molecule has 0 aromatic carbocycles. The predicted molar refractivity (Wildman–Crippen MR) is 23.3 cm³/mol. The van der Waals surface area contributed by atoms with Crippen molar-refractivity contribution in [3.8, 4) is 0 Å². The molecule has 0 atom stereocenters. The third kappa shape index (κ3) is 7.18. The molecule has 0 saturated carbocycles. The molecule has 0 rings (SSSR count). The second-order valence-corrected chi connectivity index (χ2v) is 1.47. The van der Waals surface area contributed by atoms with Crippen molar-refractivity contribution in [2.45, 2.75) is 6.92 Å². The van der Waals surface area contributed by atoms with Crippen molar-refractivity contribution in [1.82, 2.24) is 0 Å². The van der Waals surface area contributed by atoms with E-state index in [0.29, 0.717) is 0 Å². The molecule has 0 heterocycles. The fourth-order valence-electron chi connectivity index (χ4n) is 0.0577. The van der Waals surface area contributed by atoms with Crippen LogP contribution in [0.25, 0.3) is 0 Å². The second-order valence-electron chi connectivity index (χ2n) is 1.47. The molecule has 0 aliphatic carbocycles. The Labute approximate surface area is 73.5 Å². The van der Waals surface area contributed by atoms with Crippen molar-refractivity contribution >= 4 is 0 Å². The zero-order valence-corrected chi connectivity index (χ0v) is 4.95. The quantitative estimate of drug-likeness (QED) is 0.534. The summed E-state index contributed by atoms with van der Waals surface area (Å²) < 4.78 is 0. The minimum absolute atomic E-state index is 0. The van der Waals surface area contributed by atoms with Gasteiger partial charge in [0.2, 0.25) is 0 Å². The molecule has 0 radical (unpaired) electrons. The number of aliphatic hydroxyl groups excluding tert-OH is 2. The summed E-state index contributed by atoms with van der Waals surface area (Å²) in [5.41, 5.74) is 0. The summed E-state index contributed by atoms with van der Waals surface area (Å²) in [7, 11) is 0. The van der Waals surface area contributed by atoms with Gasteiger partial charge < -0.3 is 10.2 Å². The van der Waals surface area contributed by atoms with E-state index in [1.807, 2.05) is 0 Å². The fourth-order valence-corrected chi connectivity index (χ4v) is 0.0577. The third-order valence-electron chi connectivity index (χ3n) is 0.623. The molecule has 2 N–H and O–H groups in total. The summed E-state index contributed by atoms with van der Waals surface area (Å²) in [6.45, 7) is 1.94. The molecule has 0 unspecified atom stereocenters. The van der Waals surface area contributed by atoms with Gasteiger partial charge in [-0.3, -0.25) is 0 Å². The molecule has 0 aliphatic heterocycles. The number of hydrogen-bond acceptors (Lipinski definition) is 2. The first-order valence-electron chi connectivity index (χ1n) is 2.03. The molecular weight excluding hydrogens is 120 g/mol. The van der Waals surface area contributed by atoms with Gasteiger partial charge in [0.05, 0.1) is 0 Å². The van der Waals surface area contributed by atoms with Gasteiger partial charge >= 0.3 is 0 Å². The van der Waals surface area contributed by atoms with Gasteiger partial charge in [0, 0.05) is 56.9 Å². The third-order valence-corrected chi connectivity index (χ3v) is 0.623. The zero-order chi connectivity index (χ0) is 4.99. The summed E-state index contributed by atoms with van der Waals surface area (Å²) >= 11 is 0. The topological polar surface area (TPSA) is 40.5 Å². The van der Waals surface area contributed by atoms with Crippen LogP contribution in [0.2, 0.25) is 0 Å². The summed E-state index contributed by atoms with van der Waals surface area (Å²) in [5.74, 6) is 0.0463. The fraction of sp³-hybridized carbons (Fsp3) is 1.00. The van der Waals surface area contributed by atoms with Gasteiger partial charge in [0.15, 0.2) is 0 Å². The van der Waals surface area contributed by atoms with E-state index >= 15 is 0 Å². The molecule has 46 valence electrons. The van der Waals surface area contributed by atoms with Crippen molar-refractivity contribution in [1.29, 1.82) is 0 Å². The van der Waals surface area contributed by atoms with Crippen LogP contribution in [-0.2, 0) is 0 Å². The van der Waals surface area contributed by atoms with Gasteiger partial charge in [-0.05, 0) is 0 Å². The molecule has 0 aliphatic rings. The molecular formula is C4H10ArO2. The first-order valence-corrected chi connectivity index (χ1v) is 2.03. The van der Waals surface area contributed by atoms with Gasteiger partial charge in [-0.1, -0.05) is 6.92 Å². The van der Waals surface area contributed by atoms with Crippen molar-refractivity contribution in [3.63, 3.8) is 0 Å². The summed E-state index contributed by atoms with van der Waals surface area (Å²) in [6, 6.07) is 0. The minimum atomic E-state index is 0. The maximum atomic E-state index is 8.17. The van der Waals surface area contributed by atoms with Crippen molar-refractivity contribution in [2.75, 3.05) is 13.2 Å². The van der Waals surface area contributed by atoms with Crippen molar-refractivity contribution in [3.05, 3.63) is 0 Å². The van der Waals surface area contributed by atoms with E-state index in [2.05, 4.69) is 0 Å². The molecule has 0 aromatic heterocycles. The molecule has 0 saturated heterocycles. The van der Waals surface area contributed by atoms with Crippen LogP contribution in [0.15, 0.2) is 0 Å². The molecule has 7 heavy (non-hydrogen) atoms. The van der Waals surface area contributed by atoms with E-state index < -0.39 is 0 Å². The van der Waals surface area contributed by atoms with Crippen LogP contribution in [-0.4, -0.2) is 23.4 Å². The molecule has 0 fully saturated rings. The minimum Gasteiger partial charge on any atom is -0.396 e. The maximum Gasteiger partial charge on any atom is 0.0478 e. The summed E-state index contributed by atoms with van der Waals surface area (Å²) in [4.78, 5) is 0. The van der Waals surface area contributed by atoms with Crippen LogP contribution in [0.4, 0.5) is 0 Å². The van der Waals surface area contributed by atoms with Crippen LogP contribution >= 0.6 is 0 Å². The average molecular weight is 130 g/mol. The van der Waals surface area contributed by atoms with Crippen LogP contribution in [0, 0.1) is 43.7 Å². The number of hydrogen-bond donors (Lipinski definition) is 2. The Morgan fingerprint density at radius 2 is 1.57 bits per heavy atom. The smallest absolute Gasteiger partial charge is 0.0478 e. The van der Waals surface area contributed by atoms with Crippen LogP contribution < -0.4 is 0 Å². The van der Waals surface area contributed by atoms with Gasteiger partial charge in [0.1, 0.15) is 0 Å². The Morgan fingerprint density at radius 1 is 1.29 bits per heavy atom. The van der Waals surface area contributed by atoms with E-state index in [1.54, 1.807) is 6.92 Å². The van der Waals surface area contributed by atoms with E-state index in [0.717, 1.165) is 0 Å². The van der Waals surface area contributed by atoms with E-state index in [4.69, 9.17) is 10.2 Å². The molecule has 0 spiro atoms. The maximum absolute atomic E-state index is 8.17. The molecule has 0 bridgehead atoms. The molecule has 0 amide bonds. The Bertz CT molecular complexity index is 28.9. The zero-order valence-electron chi connectivity index (χ0n) is 4.24. The first-order chi connectivity index (χ1) is 2.81. The Morgan fingerprint density at radius 3 is 1.57 bits per heavy atom. The van der Waals surface area contributed by atoms with E-state index in [-0.39, 0.29) is 56.9 Å². The SMILES string of the molecule is CC(CO)CO.[Ar]. The number of rotatable bonds is 2. The summed E-state index contributed by atoms with van der Waals surface area (Å²) in [5, 5.41) is 16.3.